The second kappa shape index (κ2) is 4.22. The Balaban J connectivity index is 2.40. The normalized spacial score (nSPS) is 11.6. The number of benzene rings is 1. The van der Waals surface area contributed by atoms with E-state index < -0.39 is 0 Å². The highest BCUT2D eigenvalue weighted by molar-refractivity contribution is 5.93. The monoisotopic (exact) mass is 236 g/mol. The van der Waals surface area contributed by atoms with Crippen LogP contribution in [0, 0.1) is 6.92 Å². The number of hydrogen-bond donors (Lipinski definition) is 0. The van der Waals surface area contributed by atoms with Crippen LogP contribution in [0.4, 0.5) is 0 Å². The fourth-order valence-corrected chi connectivity index (χ4v) is 2.33. The van der Waals surface area contributed by atoms with Crippen LogP contribution in [0.15, 0.2) is 55.0 Å². The van der Waals surface area contributed by atoms with Crippen LogP contribution in [-0.4, -0.2) is 4.98 Å². The van der Waals surface area contributed by atoms with Crippen LogP contribution >= 0.6 is 0 Å². The van der Waals surface area contributed by atoms with Gasteiger partial charge in [-0.2, -0.15) is 0 Å². The Kier molecular flexibility index (Phi) is 2.29. The van der Waals surface area contributed by atoms with E-state index in [1.54, 1.807) is 0 Å². The molecule has 0 aliphatic rings. The van der Waals surface area contributed by atoms with Crippen LogP contribution in [0.1, 0.15) is 6.93 Å². The second-order valence-electron chi connectivity index (χ2n) is 4.48. The molecular weight excluding hydrogens is 220 g/mol. The topological polar surface area (TPSA) is 16.8 Å². The summed E-state index contributed by atoms with van der Waals surface area (Å²) in [4.78, 5) is 4.16. The van der Waals surface area contributed by atoms with E-state index in [1.165, 1.54) is 5.56 Å². The molecule has 3 rings (SSSR count). The summed E-state index contributed by atoms with van der Waals surface area (Å²) in [6.45, 7) is 2.07. The molecule has 0 unspecified atom stereocenters. The molecule has 88 valence electrons. The molecule has 2 aromatic heterocycles. The van der Waals surface area contributed by atoms with Crippen molar-refractivity contribution in [2.75, 3.05) is 0 Å². The largest absolute Gasteiger partial charge is 0.264 e. The average molecular weight is 236 g/mol. The van der Waals surface area contributed by atoms with Gasteiger partial charge in [-0.25, -0.2) is 4.57 Å². The SMILES string of the molecule is [2H]c1ccc2c(-c3ccncc3C)[n+](C)ccc2c1. The molecule has 0 bridgehead atoms. The van der Waals surface area contributed by atoms with Crippen molar-refractivity contribution in [1.82, 2.24) is 4.98 Å². The summed E-state index contributed by atoms with van der Waals surface area (Å²) >= 11 is 0. The Labute approximate surface area is 108 Å². The molecule has 2 nitrogen and oxygen atoms in total. The Bertz CT molecular complexity index is 766. The zero-order chi connectivity index (χ0) is 13.4. The summed E-state index contributed by atoms with van der Waals surface area (Å²) in [5.41, 5.74) is 3.50. The average Bonchev–Trinajstić information content (AvgIpc) is 2.40. The summed E-state index contributed by atoms with van der Waals surface area (Å²) in [7, 11) is 2.04. The van der Waals surface area contributed by atoms with Crippen LogP contribution in [0.3, 0.4) is 0 Å². The zero-order valence-corrected chi connectivity index (χ0v) is 10.5. The maximum absolute atomic E-state index is 7.73. The van der Waals surface area contributed by atoms with Crippen LogP contribution in [0.5, 0.6) is 0 Å². The molecule has 0 saturated carbocycles. The van der Waals surface area contributed by atoms with Gasteiger partial charge in [0.25, 0.3) is 0 Å². The number of pyridine rings is 2. The maximum Gasteiger partial charge on any atom is 0.220 e. The Morgan fingerprint density at radius 1 is 1.22 bits per heavy atom. The van der Waals surface area contributed by atoms with Crippen molar-refractivity contribution < 1.29 is 5.94 Å². The van der Waals surface area contributed by atoms with Gasteiger partial charge in [0.15, 0.2) is 6.20 Å². The molecule has 0 amide bonds. The molecule has 0 atom stereocenters. The standard InChI is InChI=1S/C16H15N2/c1-12-11-17-9-7-14(12)16-15-6-4-3-5-13(15)8-10-18(16)2/h3-11H,1-2H3/q+1/i3D. The lowest BCUT2D eigenvalue weighted by atomic mass is 10.0. The molecule has 1 aromatic carbocycles. The highest BCUT2D eigenvalue weighted by Crippen LogP contribution is 2.26. The lowest BCUT2D eigenvalue weighted by molar-refractivity contribution is -0.659. The number of aryl methyl sites for hydroxylation is 2. The highest BCUT2D eigenvalue weighted by atomic mass is 14.9. The summed E-state index contributed by atoms with van der Waals surface area (Å²) in [5.74, 6) is 0. The predicted molar refractivity (Wildman–Crippen MR) is 73.1 cm³/mol. The quantitative estimate of drug-likeness (QED) is 0.593. The van der Waals surface area contributed by atoms with E-state index in [9.17, 15) is 0 Å². The van der Waals surface area contributed by atoms with E-state index >= 15 is 0 Å². The van der Waals surface area contributed by atoms with Crippen molar-refractivity contribution >= 4 is 10.8 Å². The van der Waals surface area contributed by atoms with E-state index in [0.29, 0.717) is 6.04 Å². The molecule has 0 radical (unpaired) electrons. The smallest absolute Gasteiger partial charge is 0.220 e. The van der Waals surface area contributed by atoms with Gasteiger partial charge in [-0.3, -0.25) is 4.98 Å². The van der Waals surface area contributed by atoms with Gasteiger partial charge in [-0.15, -0.1) is 0 Å². The minimum Gasteiger partial charge on any atom is -0.264 e. The molecule has 2 heteroatoms. The molecule has 0 N–H and O–H groups in total. The first-order valence-electron chi connectivity index (χ1n) is 6.47. The van der Waals surface area contributed by atoms with Gasteiger partial charge in [-0.05, 0) is 30.0 Å². The maximum atomic E-state index is 7.73. The Morgan fingerprint density at radius 3 is 2.94 bits per heavy atom. The molecular formula is C16H15N2+. The molecule has 2 heterocycles. The first kappa shape index (κ1) is 9.77. The van der Waals surface area contributed by atoms with Crippen LogP contribution in [0.25, 0.3) is 22.0 Å². The van der Waals surface area contributed by atoms with Crippen molar-refractivity contribution in [2.24, 2.45) is 7.05 Å². The second-order valence-corrected chi connectivity index (χ2v) is 4.48. The minimum absolute atomic E-state index is 0.541. The molecule has 0 fully saturated rings. The van der Waals surface area contributed by atoms with Crippen molar-refractivity contribution in [1.29, 1.82) is 0 Å². The fourth-order valence-electron chi connectivity index (χ4n) is 2.33. The number of hydrogen-bond acceptors (Lipinski definition) is 1. The number of rotatable bonds is 1. The molecule has 0 aliphatic heterocycles. The van der Waals surface area contributed by atoms with Gasteiger partial charge >= 0.3 is 0 Å². The zero-order valence-electron chi connectivity index (χ0n) is 11.5. The summed E-state index contributed by atoms with van der Waals surface area (Å²) in [5, 5.41) is 2.26. The Hall–Kier alpha value is -2.22. The highest BCUT2D eigenvalue weighted by Gasteiger charge is 2.15. The molecule has 0 aliphatic carbocycles. The van der Waals surface area contributed by atoms with E-state index in [-0.39, 0.29) is 0 Å². The lowest BCUT2D eigenvalue weighted by Gasteiger charge is -2.06. The fraction of sp³-hybridized carbons (Fsp3) is 0.125. The summed E-state index contributed by atoms with van der Waals surface area (Å²) in [6.07, 6.45) is 5.74. The minimum atomic E-state index is 0.541. The summed E-state index contributed by atoms with van der Waals surface area (Å²) in [6, 6.07) is 10.4. The van der Waals surface area contributed by atoms with E-state index in [1.807, 2.05) is 56.0 Å². The molecule has 0 saturated heterocycles. The van der Waals surface area contributed by atoms with Crippen molar-refractivity contribution in [2.45, 2.75) is 6.92 Å². The van der Waals surface area contributed by atoms with E-state index in [4.69, 9.17) is 1.37 Å². The number of aromatic nitrogens is 2. The predicted octanol–water partition coefficient (Wildman–Crippen LogP) is 3.03. The Morgan fingerprint density at radius 2 is 2.11 bits per heavy atom. The van der Waals surface area contributed by atoms with Crippen LogP contribution in [0.2, 0.25) is 0 Å². The lowest BCUT2D eigenvalue weighted by Crippen LogP contribution is -2.30. The molecule has 0 spiro atoms. The third-order valence-electron chi connectivity index (χ3n) is 3.26. The molecule has 3 aromatic rings. The van der Waals surface area contributed by atoms with E-state index in [2.05, 4.69) is 16.5 Å². The first-order chi connectivity index (χ1) is 9.16. The van der Waals surface area contributed by atoms with Gasteiger partial charge in [0, 0.05) is 18.5 Å². The van der Waals surface area contributed by atoms with Gasteiger partial charge in [-0.1, -0.05) is 18.2 Å². The van der Waals surface area contributed by atoms with Crippen LogP contribution in [-0.2, 0) is 7.05 Å². The summed E-state index contributed by atoms with van der Waals surface area (Å²) < 4.78 is 9.85. The third kappa shape index (κ3) is 1.66. The van der Waals surface area contributed by atoms with Crippen molar-refractivity contribution in [3.8, 4) is 11.3 Å². The van der Waals surface area contributed by atoms with Crippen LogP contribution < -0.4 is 4.57 Å². The molecule has 18 heavy (non-hydrogen) atoms. The third-order valence-corrected chi connectivity index (χ3v) is 3.26. The van der Waals surface area contributed by atoms with Gasteiger partial charge in [0.05, 0.1) is 12.3 Å². The first-order valence-corrected chi connectivity index (χ1v) is 5.97. The van der Waals surface area contributed by atoms with Gasteiger partial charge in [0.1, 0.15) is 7.05 Å². The van der Waals surface area contributed by atoms with Gasteiger partial charge < -0.3 is 0 Å². The number of nitrogens with zero attached hydrogens (tertiary/aromatic N) is 2. The number of fused-ring (bicyclic) bond motifs is 1. The van der Waals surface area contributed by atoms with Gasteiger partial charge in [0.2, 0.25) is 5.69 Å². The van der Waals surface area contributed by atoms with Crippen molar-refractivity contribution in [3.05, 3.63) is 60.5 Å². The van der Waals surface area contributed by atoms with Crippen molar-refractivity contribution in [3.63, 3.8) is 0 Å². The van der Waals surface area contributed by atoms with E-state index in [0.717, 1.165) is 22.0 Å².